The first-order valence-corrected chi connectivity index (χ1v) is 20.7. The number of fused-ring (bicyclic) bond motifs is 6. The van der Waals surface area contributed by atoms with E-state index in [0.29, 0.717) is 68.5 Å². The van der Waals surface area contributed by atoms with Gasteiger partial charge in [-0.2, -0.15) is 0 Å². The Bertz CT molecular complexity index is 3340. The normalized spacial score (nSPS) is 14.8. The molecule has 1 atom stereocenters. The Morgan fingerprint density at radius 2 is 1.15 bits per heavy atom. The van der Waals surface area contributed by atoms with Crippen molar-refractivity contribution in [2.45, 2.75) is 25.7 Å². The number of hydrogen-bond acceptors (Lipinski definition) is 14. The number of hydrogen-bond donors (Lipinski definition) is 2. The van der Waals surface area contributed by atoms with Gasteiger partial charge in [-0.15, -0.1) is 0 Å². The van der Waals surface area contributed by atoms with Gasteiger partial charge in [-0.05, 0) is 47.0 Å². The molecule has 19 heteroatoms. The quantitative estimate of drug-likeness (QED) is 0.186. The third-order valence-corrected chi connectivity index (χ3v) is 11.5. The lowest BCUT2D eigenvalue weighted by atomic mass is 9.76. The van der Waals surface area contributed by atoms with E-state index in [1.807, 2.05) is 36.4 Å². The fraction of sp³-hybridized carbons (Fsp3) is 0.204. The lowest BCUT2D eigenvalue weighted by Gasteiger charge is -2.29. The molecular formula is C49H43N5O14. The van der Waals surface area contributed by atoms with Gasteiger partial charge in [0.2, 0.25) is 13.6 Å². The van der Waals surface area contributed by atoms with Crippen molar-refractivity contribution in [3.8, 4) is 23.0 Å². The van der Waals surface area contributed by atoms with Crippen LogP contribution in [-0.2, 0) is 39.4 Å². The lowest BCUT2D eigenvalue weighted by Crippen LogP contribution is -2.43. The second-order valence-electron chi connectivity index (χ2n) is 15.7. The molecule has 3 aliphatic carbocycles. The summed E-state index contributed by atoms with van der Waals surface area (Å²) in [7, 11) is 6.06. The zero-order valence-corrected chi connectivity index (χ0v) is 37.3. The predicted molar refractivity (Wildman–Crippen MR) is 245 cm³/mol. The second-order valence-corrected chi connectivity index (χ2v) is 15.7. The molecule has 11 rings (SSSR count). The van der Waals surface area contributed by atoms with Gasteiger partial charge in [0, 0.05) is 92.6 Å². The highest BCUT2D eigenvalue weighted by Gasteiger charge is 2.42. The number of Topliss-reactive ketones (excluding diaryl/α,β-unsaturated/α-hetero) is 3. The molecule has 4 aromatic carbocycles. The number of carbonyl (C=O) groups excluding carboxylic acids is 4. The van der Waals surface area contributed by atoms with Crippen LogP contribution in [0.3, 0.4) is 0 Å². The number of rotatable bonds is 2. The van der Waals surface area contributed by atoms with E-state index in [1.165, 1.54) is 36.3 Å². The number of aliphatic carboxylic acids is 1. The Morgan fingerprint density at radius 3 is 1.74 bits per heavy atom. The molecule has 5 aliphatic rings. The SMILES string of the molecule is CC(=O)O.Cn1c(N)cc(=O)n(C)c1=O.Cn1c2c(c(=O)n(C)c1=O)C(c1ccc3c(c1)OCO3)C1=C(C2)c2ccccc2C1=O.O=C1CC(=O)c2ccccc21.O=Cc1ccc2c(c1)OCO2. The van der Waals surface area contributed by atoms with Crippen molar-refractivity contribution < 1.29 is 48.0 Å². The van der Waals surface area contributed by atoms with Gasteiger partial charge in [-0.25, -0.2) is 9.59 Å². The molecule has 0 bridgehead atoms. The summed E-state index contributed by atoms with van der Waals surface area (Å²) in [6.07, 6.45) is 1.19. The van der Waals surface area contributed by atoms with E-state index >= 15 is 0 Å². The van der Waals surface area contributed by atoms with Crippen LogP contribution in [0.4, 0.5) is 5.82 Å². The van der Waals surface area contributed by atoms with Gasteiger partial charge in [-0.3, -0.25) is 51.8 Å². The fourth-order valence-corrected chi connectivity index (χ4v) is 8.06. The van der Waals surface area contributed by atoms with E-state index in [4.69, 9.17) is 34.6 Å². The smallest absolute Gasteiger partial charge is 0.332 e. The highest BCUT2D eigenvalue weighted by atomic mass is 16.7. The largest absolute Gasteiger partial charge is 0.481 e. The lowest BCUT2D eigenvalue weighted by molar-refractivity contribution is -0.134. The monoisotopic (exact) mass is 925 g/mol. The molecule has 3 N–H and O–H groups in total. The third kappa shape index (κ3) is 9.04. The minimum Gasteiger partial charge on any atom is -0.481 e. The molecule has 0 fully saturated rings. The van der Waals surface area contributed by atoms with Crippen LogP contribution in [-0.4, -0.2) is 66.6 Å². The van der Waals surface area contributed by atoms with E-state index in [-0.39, 0.29) is 60.0 Å². The number of carbonyl (C=O) groups is 5. The van der Waals surface area contributed by atoms with Gasteiger partial charge >= 0.3 is 11.4 Å². The molecule has 0 saturated heterocycles. The number of aldehydes is 1. The zero-order chi connectivity index (χ0) is 49.1. The number of ether oxygens (including phenoxy) is 4. The number of allylic oxidation sites excluding steroid dienone is 2. The number of carboxylic acids is 1. The maximum absolute atomic E-state index is 13.5. The standard InChI is InChI=1S/C24H18N2O5.C9H6O2.C8H6O3.C6H9N3O2.C2H4O2/c1-25-16-10-15-13-5-3-4-6-14(13)22(27)20(15)19(21(16)23(28)26(2)24(25)29)12-7-8-17-18(9-12)31-11-30-17;10-8-5-9(11)7-4-2-1-3-6(7)8;9-4-6-1-2-7-8(3-6)11-5-10-7;1-8-4(7)3-5(10)9(2)6(8)11;1-2(3)4/h3-9,19H,10-11H2,1-2H3;2*1-4H,5H2;3H,7H2,1-2H3;1H3,(H,3,4). The van der Waals surface area contributed by atoms with Gasteiger partial charge in [-0.1, -0.05) is 54.6 Å². The van der Waals surface area contributed by atoms with E-state index < -0.39 is 17.6 Å². The summed E-state index contributed by atoms with van der Waals surface area (Å²) in [5.74, 6) is 1.13. The first-order valence-electron chi connectivity index (χ1n) is 20.7. The molecule has 68 heavy (non-hydrogen) atoms. The van der Waals surface area contributed by atoms with Crippen molar-refractivity contribution >= 4 is 41.0 Å². The maximum Gasteiger partial charge on any atom is 0.332 e. The molecule has 1 unspecified atom stereocenters. The molecule has 0 saturated carbocycles. The average Bonchev–Trinajstić information content (AvgIpc) is 4.13. The average molecular weight is 926 g/mol. The maximum atomic E-state index is 13.5. The molecule has 2 aliphatic heterocycles. The molecule has 2 aromatic heterocycles. The van der Waals surface area contributed by atoms with Gasteiger partial charge in [0.05, 0.1) is 6.42 Å². The molecule has 4 heterocycles. The number of nitrogens with zero attached hydrogens (tertiary/aromatic N) is 4. The van der Waals surface area contributed by atoms with Crippen LogP contribution in [0.5, 0.6) is 23.0 Å². The predicted octanol–water partition coefficient (Wildman–Crippen LogP) is 3.59. The van der Waals surface area contributed by atoms with Crippen LogP contribution in [0, 0.1) is 0 Å². The van der Waals surface area contributed by atoms with Crippen molar-refractivity contribution in [2.75, 3.05) is 19.3 Å². The van der Waals surface area contributed by atoms with Crippen molar-refractivity contribution in [1.29, 1.82) is 0 Å². The Balaban J connectivity index is 0.000000151. The van der Waals surface area contributed by atoms with Gasteiger partial charge in [0.15, 0.2) is 40.3 Å². The van der Waals surface area contributed by atoms with Gasteiger partial charge < -0.3 is 29.8 Å². The van der Waals surface area contributed by atoms with Gasteiger partial charge in [0.1, 0.15) is 12.1 Å². The molecule has 0 radical (unpaired) electrons. The second kappa shape index (κ2) is 19.3. The van der Waals surface area contributed by atoms with Crippen molar-refractivity contribution in [3.05, 3.63) is 183 Å². The summed E-state index contributed by atoms with van der Waals surface area (Å²) in [5.41, 5.74) is 10.4. The van der Waals surface area contributed by atoms with Crippen molar-refractivity contribution in [3.63, 3.8) is 0 Å². The van der Waals surface area contributed by atoms with Gasteiger partial charge in [0.25, 0.3) is 17.1 Å². The van der Waals surface area contributed by atoms with E-state index in [9.17, 15) is 38.4 Å². The number of benzene rings is 4. The van der Waals surface area contributed by atoms with Crippen LogP contribution in [0.15, 0.2) is 116 Å². The highest BCUT2D eigenvalue weighted by molar-refractivity contribution is 6.24. The summed E-state index contributed by atoms with van der Waals surface area (Å²) < 4.78 is 25.9. The minimum absolute atomic E-state index is 0.0504. The molecule has 348 valence electrons. The Hall–Kier alpha value is -8.87. The number of ketones is 3. The third-order valence-electron chi connectivity index (χ3n) is 11.5. The van der Waals surface area contributed by atoms with E-state index in [1.54, 1.807) is 55.6 Å². The summed E-state index contributed by atoms with van der Waals surface area (Å²) in [6.45, 7) is 1.46. The summed E-state index contributed by atoms with van der Waals surface area (Å²) in [6, 6.07) is 26.2. The first kappa shape index (κ1) is 47.1. The fourth-order valence-electron chi connectivity index (χ4n) is 8.06. The summed E-state index contributed by atoms with van der Waals surface area (Å²) >= 11 is 0. The summed E-state index contributed by atoms with van der Waals surface area (Å²) in [4.78, 5) is 103. The number of aromatic nitrogens is 4. The van der Waals surface area contributed by atoms with E-state index in [2.05, 4.69) is 0 Å². The number of anilines is 1. The molecular weight excluding hydrogens is 883 g/mol. The minimum atomic E-state index is -0.833. The van der Waals surface area contributed by atoms with Crippen molar-refractivity contribution in [1.82, 2.24) is 18.3 Å². The molecule has 0 amide bonds. The van der Waals surface area contributed by atoms with Crippen LogP contribution in [0.25, 0.3) is 5.57 Å². The number of carboxylic acid groups (broad SMARTS) is 1. The van der Waals surface area contributed by atoms with Crippen LogP contribution in [0.1, 0.15) is 83.1 Å². The summed E-state index contributed by atoms with van der Waals surface area (Å²) in [5, 5.41) is 7.42. The topological polar surface area (TPSA) is 257 Å². The first-order chi connectivity index (χ1) is 32.4. The number of nitrogen functional groups attached to an aromatic ring is 1. The van der Waals surface area contributed by atoms with Crippen LogP contribution < -0.4 is 47.2 Å². The van der Waals surface area contributed by atoms with E-state index in [0.717, 1.165) is 39.0 Å². The Labute approximate surface area is 385 Å². The molecule has 0 spiro atoms. The number of nitrogens with two attached hydrogens (primary N) is 1. The van der Waals surface area contributed by atoms with Crippen molar-refractivity contribution in [2.24, 2.45) is 28.2 Å². The van der Waals surface area contributed by atoms with Crippen LogP contribution >= 0.6 is 0 Å². The zero-order valence-electron chi connectivity index (χ0n) is 37.3. The van der Waals surface area contributed by atoms with Crippen LogP contribution in [0.2, 0.25) is 0 Å². The molecule has 6 aromatic rings. The Kier molecular flexibility index (Phi) is 13.4. The molecule has 19 nitrogen and oxygen atoms in total. The highest BCUT2D eigenvalue weighted by Crippen LogP contribution is 2.49. The Morgan fingerprint density at radius 1 is 0.632 bits per heavy atom.